The summed E-state index contributed by atoms with van der Waals surface area (Å²) in [6.07, 6.45) is 1.36. The monoisotopic (exact) mass is 423 g/mol. The van der Waals surface area contributed by atoms with Crippen LogP contribution in [0.5, 0.6) is 0 Å². The Balaban J connectivity index is 0.00000220. The number of rotatable bonds is 4. The van der Waals surface area contributed by atoms with E-state index in [9.17, 15) is 0 Å². The highest BCUT2D eigenvalue weighted by Gasteiger charge is 2.48. The van der Waals surface area contributed by atoms with Crippen molar-refractivity contribution < 1.29 is 4.74 Å². The summed E-state index contributed by atoms with van der Waals surface area (Å²) in [5.41, 5.74) is 1.48. The average molecular weight is 423 g/mol. The molecular formula is C15H26IN3OS. The summed E-state index contributed by atoms with van der Waals surface area (Å²) in [4.78, 5) is 5.67. The molecule has 0 aromatic carbocycles. The Morgan fingerprint density at radius 3 is 2.71 bits per heavy atom. The smallest absolute Gasteiger partial charge is 0.191 e. The quantitative estimate of drug-likeness (QED) is 0.445. The summed E-state index contributed by atoms with van der Waals surface area (Å²) in [7, 11) is 3.60. The van der Waals surface area contributed by atoms with E-state index in [0.717, 1.165) is 18.9 Å². The number of nitrogens with zero attached hydrogens (tertiary/aromatic N) is 1. The minimum atomic E-state index is 0. The minimum absolute atomic E-state index is 0. The fraction of sp³-hybridized carbons (Fsp3) is 0.667. The van der Waals surface area contributed by atoms with Crippen LogP contribution in [0.3, 0.4) is 0 Å². The molecule has 1 aromatic rings. The van der Waals surface area contributed by atoms with Gasteiger partial charge < -0.3 is 15.4 Å². The van der Waals surface area contributed by atoms with Crippen molar-refractivity contribution >= 4 is 41.3 Å². The molecule has 0 radical (unpaired) electrons. The van der Waals surface area contributed by atoms with E-state index >= 15 is 0 Å². The van der Waals surface area contributed by atoms with Crippen LogP contribution in [0.15, 0.2) is 16.4 Å². The number of guanidine groups is 1. The van der Waals surface area contributed by atoms with E-state index in [2.05, 4.69) is 47.8 Å². The molecule has 1 aliphatic rings. The Morgan fingerprint density at radius 1 is 1.52 bits per heavy atom. The highest BCUT2D eigenvalue weighted by Crippen LogP contribution is 2.42. The zero-order valence-electron chi connectivity index (χ0n) is 13.4. The molecular weight excluding hydrogens is 397 g/mol. The lowest BCUT2D eigenvalue weighted by Crippen LogP contribution is -2.63. The Kier molecular flexibility index (Phi) is 6.93. The van der Waals surface area contributed by atoms with Gasteiger partial charge in [-0.3, -0.25) is 4.99 Å². The van der Waals surface area contributed by atoms with Crippen LogP contribution in [0.2, 0.25) is 0 Å². The highest BCUT2D eigenvalue weighted by molar-refractivity contribution is 14.0. The van der Waals surface area contributed by atoms with Crippen molar-refractivity contribution in [3.63, 3.8) is 0 Å². The molecule has 4 nitrogen and oxygen atoms in total. The number of aliphatic imine (C=N–C) groups is 1. The van der Waals surface area contributed by atoms with E-state index in [1.165, 1.54) is 10.4 Å². The van der Waals surface area contributed by atoms with Crippen LogP contribution in [0.25, 0.3) is 0 Å². The largest absolute Gasteiger partial charge is 0.381 e. The van der Waals surface area contributed by atoms with Crippen LogP contribution in [-0.4, -0.2) is 32.3 Å². The lowest BCUT2D eigenvalue weighted by Gasteiger charge is -2.51. The zero-order chi connectivity index (χ0) is 14.8. The third-order valence-electron chi connectivity index (χ3n) is 4.38. The molecule has 0 saturated heterocycles. The van der Waals surface area contributed by atoms with Crippen LogP contribution in [0, 0.1) is 12.3 Å². The molecule has 0 spiro atoms. The zero-order valence-corrected chi connectivity index (χ0v) is 16.5. The van der Waals surface area contributed by atoms with E-state index in [4.69, 9.17) is 4.74 Å². The Bertz CT molecular complexity index is 487. The van der Waals surface area contributed by atoms with Crippen molar-refractivity contribution in [3.8, 4) is 0 Å². The molecule has 2 atom stereocenters. The van der Waals surface area contributed by atoms with Crippen molar-refractivity contribution in [3.05, 3.63) is 21.9 Å². The molecule has 0 amide bonds. The lowest BCUT2D eigenvalue weighted by atomic mass is 9.64. The fourth-order valence-corrected chi connectivity index (χ4v) is 3.49. The van der Waals surface area contributed by atoms with Gasteiger partial charge in [-0.05, 0) is 30.4 Å². The first-order valence-electron chi connectivity index (χ1n) is 7.02. The summed E-state index contributed by atoms with van der Waals surface area (Å²) in [6.45, 7) is 7.43. The van der Waals surface area contributed by atoms with E-state index in [0.29, 0.717) is 12.1 Å². The second-order valence-corrected chi connectivity index (χ2v) is 6.93. The summed E-state index contributed by atoms with van der Waals surface area (Å²) >= 11 is 1.78. The second kappa shape index (κ2) is 7.78. The van der Waals surface area contributed by atoms with Gasteiger partial charge >= 0.3 is 0 Å². The van der Waals surface area contributed by atoms with Gasteiger partial charge in [0.1, 0.15) is 0 Å². The molecule has 2 N–H and O–H groups in total. The van der Waals surface area contributed by atoms with Gasteiger partial charge in [-0.1, -0.05) is 13.8 Å². The molecule has 1 aromatic heterocycles. The molecule has 0 bridgehead atoms. The number of nitrogens with one attached hydrogen (secondary N) is 2. The Labute approximate surface area is 148 Å². The van der Waals surface area contributed by atoms with Gasteiger partial charge in [-0.2, -0.15) is 0 Å². The van der Waals surface area contributed by atoms with Crippen molar-refractivity contribution in [1.82, 2.24) is 10.6 Å². The number of halogens is 1. The maximum absolute atomic E-state index is 5.48. The molecule has 120 valence electrons. The summed E-state index contributed by atoms with van der Waals surface area (Å²) in [6, 6.07) is 2.55. The maximum atomic E-state index is 5.48. The van der Waals surface area contributed by atoms with Crippen LogP contribution in [0.1, 0.15) is 30.7 Å². The standard InChI is InChI=1S/C15H25N3OS.HI/c1-10-6-7-20-11(10)9-17-14(16-4)18-12-8-13(19-5)15(12,2)3;/h6-7,12-13H,8-9H2,1-5H3,(H2,16,17,18);1H. The minimum Gasteiger partial charge on any atom is -0.381 e. The topological polar surface area (TPSA) is 45.7 Å². The molecule has 1 saturated carbocycles. The average Bonchev–Trinajstić information content (AvgIpc) is 2.83. The lowest BCUT2D eigenvalue weighted by molar-refractivity contribution is -0.0922. The molecule has 6 heteroatoms. The van der Waals surface area contributed by atoms with Gasteiger partial charge in [0, 0.05) is 30.5 Å². The number of methoxy groups -OCH3 is 1. The van der Waals surface area contributed by atoms with Gasteiger partial charge in [0.25, 0.3) is 0 Å². The van der Waals surface area contributed by atoms with Crippen LogP contribution >= 0.6 is 35.3 Å². The molecule has 1 fully saturated rings. The second-order valence-electron chi connectivity index (χ2n) is 5.93. The normalized spacial score (nSPS) is 24.0. The van der Waals surface area contributed by atoms with Crippen molar-refractivity contribution in [2.75, 3.05) is 14.2 Å². The number of hydrogen-bond donors (Lipinski definition) is 2. The molecule has 1 heterocycles. The first-order chi connectivity index (χ1) is 9.48. The molecule has 21 heavy (non-hydrogen) atoms. The van der Waals surface area contributed by atoms with Crippen molar-refractivity contribution in [1.29, 1.82) is 0 Å². The van der Waals surface area contributed by atoms with Gasteiger partial charge in [-0.15, -0.1) is 35.3 Å². The van der Waals surface area contributed by atoms with Crippen LogP contribution in [0.4, 0.5) is 0 Å². The number of thiophene rings is 1. The Morgan fingerprint density at radius 2 is 2.24 bits per heavy atom. The first kappa shape index (κ1) is 18.7. The third kappa shape index (κ3) is 4.10. The maximum Gasteiger partial charge on any atom is 0.191 e. The van der Waals surface area contributed by atoms with Gasteiger partial charge in [0.2, 0.25) is 0 Å². The first-order valence-corrected chi connectivity index (χ1v) is 7.90. The van der Waals surface area contributed by atoms with E-state index in [-0.39, 0.29) is 29.4 Å². The van der Waals surface area contributed by atoms with E-state index in [1.807, 2.05) is 7.05 Å². The molecule has 2 unspecified atom stereocenters. The molecule has 0 aliphatic heterocycles. The van der Waals surface area contributed by atoms with Crippen LogP contribution < -0.4 is 10.6 Å². The third-order valence-corrected chi connectivity index (χ3v) is 5.40. The summed E-state index contributed by atoms with van der Waals surface area (Å²) in [5.74, 6) is 0.866. The summed E-state index contributed by atoms with van der Waals surface area (Å²) in [5, 5.41) is 9.02. The molecule has 1 aliphatic carbocycles. The number of hydrogen-bond acceptors (Lipinski definition) is 3. The highest BCUT2D eigenvalue weighted by atomic mass is 127. The van der Waals surface area contributed by atoms with Crippen molar-refractivity contribution in [2.45, 2.75) is 45.9 Å². The summed E-state index contributed by atoms with van der Waals surface area (Å²) < 4.78 is 5.48. The predicted octanol–water partition coefficient (Wildman–Crippen LogP) is 3.15. The van der Waals surface area contributed by atoms with Crippen LogP contribution in [-0.2, 0) is 11.3 Å². The Hall–Kier alpha value is -0.340. The number of aryl methyl sites for hydroxylation is 1. The van der Waals surface area contributed by atoms with Gasteiger partial charge in [0.05, 0.1) is 12.6 Å². The van der Waals surface area contributed by atoms with Gasteiger partial charge in [-0.25, -0.2) is 0 Å². The van der Waals surface area contributed by atoms with Gasteiger partial charge in [0.15, 0.2) is 5.96 Å². The van der Waals surface area contributed by atoms with E-state index in [1.54, 1.807) is 18.4 Å². The predicted molar refractivity (Wildman–Crippen MR) is 101 cm³/mol. The fourth-order valence-electron chi connectivity index (χ4n) is 2.64. The molecule has 2 rings (SSSR count). The SMILES string of the molecule is CN=C(NCc1sccc1C)NC1CC(OC)C1(C)C.I. The van der Waals surface area contributed by atoms with Crippen molar-refractivity contribution in [2.24, 2.45) is 10.4 Å². The van der Waals surface area contributed by atoms with E-state index < -0.39 is 0 Å². The number of ether oxygens (including phenoxy) is 1.